The molecule has 2 aliphatic heterocycles. The number of nitrogens with zero attached hydrogens (tertiary/aromatic N) is 4. The van der Waals surface area contributed by atoms with Gasteiger partial charge in [0.1, 0.15) is 0 Å². The highest BCUT2D eigenvalue weighted by Gasteiger charge is 2.57. The van der Waals surface area contributed by atoms with E-state index in [4.69, 9.17) is 4.74 Å². The van der Waals surface area contributed by atoms with E-state index < -0.39 is 11.0 Å². The molecule has 3 heterocycles. The third-order valence-electron chi connectivity index (χ3n) is 6.66. The summed E-state index contributed by atoms with van der Waals surface area (Å²) in [4.78, 5) is 27.7. The third-order valence-corrected chi connectivity index (χ3v) is 6.66. The van der Waals surface area contributed by atoms with Crippen LogP contribution in [0.15, 0.2) is 48.5 Å². The molecule has 3 aromatic rings. The summed E-state index contributed by atoms with van der Waals surface area (Å²) in [6.07, 6.45) is 2.29. The number of H-pyrrole nitrogens is 1. The van der Waals surface area contributed by atoms with Crippen LogP contribution in [0, 0.1) is 0 Å². The molecule has 0 radical (unpaired) electrons. The number of carbonyl (C=O) groups excluding carboxylic acids is 2. The Morgan fingerprint density at radius 1 is 1.07 bits per heavy atom. The lowest BCUT2D eigenvalue weighted by molar-refractivity contribution is -0.134. The number of ether oxygens (including phenoxy) is 1. The molecule has 1 spiro atoms. The topological polar surface area (TPSA) is 101 Å². The molecule has 0 bridgehead atoms. The van der Waals surface area contributed by atoms with Gasteiger partial charge in [-0.1, -0.05) is 42.5 Å². The van der Waals surface area contributed by atoms with E-state index in [1.165, 1.54) is 0 Å². The van der Waals surface area contributed by atoms with Crippen molar-refractivity contribution in [2.75, 3.05) is 13.1 Å². The number of aromatic amines is 1. The molecule has 6 rings (SSSR count). The van der Waals surface area contributed by atoms with E-state index in [-0.39, 0.29) is 11.9 Å². The molecule has 2 aromatic carbocycles. The lowest BCUT2D eigenvalue weighted by atomic mass is 9.91. The second kappa shape index (κ2) is 5.98. The molecule has 1 N–H and O–H groups in total. The Morgan fingerprint density at radius 3 is 2.60 bits per heavy atom. The minimum absolute atomic E-state index is 0.119. The van der Waals surface area contributed by atoms with Crippen LogP contribution in [0.2, 0.25) is 0 Å². The quantitative estimate of drug-likeness (QED) is 0.675. The SMILES string of the molecule is O=C1OC2(CCN(C(=O)C3(c4ccc(-c5nnn[nH]5)cc4)CC3)C2)c2ccccc21. The van der Waals surface area contributed by atoms with Crippen LogP contribution in [0.25, 0.3) is 11.4 Å². The lowest BCUT2D eigenvalue weighted by Gasteiger charge is -2.27. The van der Waals surface area contributed by atoms with Gasteiger partial charge in [-0.25, -0.2) is 9.89 Å². The number of hydrogen-bond acceptors (Lipinski definition) is 6. The molecule has 1 aliphatic carbocycles. The first-order valence-corrected chi connectivity index (χ1v) is 10.1. The summed E-state index contributed by atoms with van der Waals surface area (Å²) in [5, 5.41) is 13.9. The van der Waals surface area contributed by atoms with Crippen molar-refractivity contribution in [1.82, 2.24) is 25.5 Å². The van der Waals surface area contributed by atoms with Crippen LogP contribution in [0.5, 0.6) is 0 Å². The minimum Gasteiger partial charge on any atom is -0.449 e. The van der Waals surface area contributed by atoms with E-state index >= 15 is 0 Å². The maximum absolute atomic E-state index is 13.5. The molecule has 150 valence electrons. The summed E-state index contributed by atoms with van der Waals surface area (Å²) >= 11 is 0. The Balaban J connectivity index is 1.25. The van der Waals surface area contributed by atoms with E-state index in [0.29, 0.717) is 30.9 Å². The second-order valence-corrected chi connectivity index (χ2v) is 8.32. The molecular formula is C22H19N5O3. The Bertz CT molecular complexity index is 1150. The zero-order chi connectivity index (χ0) is 20.3. The van der Waals surface area contributed by atoms with Gasteiger partial charge in [0.05, 0.1) is 17.5 Å². The van der Waals surface area contributed by atoms with E-state index in [2.05, 4.69) is 20.6 Å². The predicted octanol–water partition coefficient (Wildman–Crippen LogP) is 2.20. The van der Waals surface area contributed by atoms with Gasteiger partial charge in [-0.15, -0.1) is 5.10 Å². The zero-order valence-electron chi connectivity index (χ0n) is 16.2. The van der Waals surface area contributed by atoms with E-state index in [1.54, 1.807) is 6.07 Å². The highest BCUT2D eigenvalue weighted by molar-refractivity contribution is 5.96. The number of nitrogens with one attached hydrogen (secondary N) is 1. The fourth-order valence-corrected chi connectivity index (χ4v) is 4.89. The number of rotatable bonds is 3. The summed E-state index contributed by atoms with van der Waals surface area (Å²) in [6.45, 7) is 1.00. The Hall–Kier alpha value is -3.55. The molecule has 8 heteroatoms. The average molecular weight is 401 g/mol. The average Bonchev–Trinajstić information content (AvgIpc) is 3.13. The molecule has 1 saturated heterocycles. The van der Waals surface area contributed by atoms with Crippen LogP contribution in [0.1, 0.15) is 40.7 Å². The van der Waals surface area contributed by atoms with Crippen LogP contribution in [-0.4, -0.2) is 50.5 Å². The second-order valence-electron chi connectivity index (χ2n) is 8.32. The van der Waals surface area contributed by atoms with Gasteiger partial charge in [0.2, 0.25) is 5.91 Å². The number of likely N-dealkylation sites (tertiary alicyclic amines) is 1. The summed E-state index contributed by atoms with van der Waals surface area (Å²) in [5.41, 5.74) is 2.22. The van der Waals surface area contributed by atoms with Crippen LogP contribution < -0.4 is 0 Å². The maximum atomic E-state index is 13.5. The number of tetrazole rings is 1. The van der Waals surface area contributed by atoms with Crippen molar-refractivity contribution < 1.29 is 14.3 Å². The van der Waals surface area contributed by atoms with Crippen LogP contribution in [-0.2, 0) is 20.5 Å². The molecule has 1 saturated carbocycles. The molecule has 1 aromatic heterocycles. The number of fused-ring (bicyclic) bond motifs is 2. The monoisotopic (exact) mass is 401 g/mol. The normalized spacial score (nSPS) is 23.5. The van der Waals surface area contributed by atoms with Gasteiger partial charge in [0.25, 0.3) is 0 Å². The standard InChI is InChI=1S/C22H19N5O3/c28-19-16-3-1-2-4-17(16)22(30-19)11-12-27(13-22)20(29)21(9-10-21)15-7-5-14(6-8-15)18-23-25-26-24-18/h1-8H,9-13H2,(H,23,24,25,26). The van der Waals surface area contributed by atoms with Gasteiger partial charge in [0.15, 0.2) is 11.4 Å². The van der Waals surface area contributed by atoms with Crippen molar-refractivity contribution in [3.63, 3.8) is 0 Å². The first-order valence-electron chi connectivity index (χ1n) is 10.1. The first kappa shape index (κ1) is 17.3. The van der Waals surface area contributed by atoms with Crippen molar-refractivity contribution in [3.05, 3.63) is 65.2 Å². The number of aromatic nitrogens is 4. The van der Waals surface area contributed by atoms with Gasteiger partial charge < -0.3 is 9.64 Å². The van der Waals surface area contributed by atoms with Crippen LogP contribution in [0.4, 0.5) is 0 Å². The van der Waals surface area contributed by atoms with E-state index in [1.807, 2.05) is 47.4 Å². The molecule has 3 aliphatic rings. The molecule has 1 unspecified atom stereocenters. The number of hydrogen-bond donors (Lipinski definition) is 1. The predicted molar refractivity (Wildman–Crippen MR) is 105 cm³/mol. The summed E-state index contributed by atoms with van der Waals surface area (Å²) in [5.74, 6) is 0.424. The highest BCUT2D eigenvalue weighted by Crippen LogP contribution is 2.52. The smallest absolute Gasteiger partial charge is 0.339 e. The fourth-order valence-electron chi connectivity index (χ4n) is 4.89. The zero-order valence-corrected chi connectivity index (χ0v) is 16.2. The maximum Gasteiger partial charge on any atom is 0.339 e. The van der Waals surface area contributed by atoms with Crippen molar-refractivity contribution in [2.45, 2.75) is 30.3 Å². The molecule has 1 atom stereocenters. The van der Waals surface area contributed by atoms with Gasteiger partial charge in [0, 0.05) is 24.1 Å². The number of amides is 1. The molecule has 2 fully saturated rings. The van der Waals surface area contributed by atoms with Crippen molar-refractivity contribution >= 4 is 11.9 Å². The summed E-state index contributed by atoms with van der Waals surface area (Å²) in [7, 11) is 0. The molecular weight excluding hydrogens is 382 g/mol. The van der Waals surface area contributed by atoms with Gasteiger partial charge in [-0.3, -0.25) is 4.79 Å². The van der Waals surface area contributed by atoms with Crippen molar-refractivity contribution in [1.29, 1.82) is 0 Å². The Morgan fingerprint density at radius 2 is 1.87 bits per heavy atom. The molecule has 8 nitrogen and oxygen atoms in total. The number of esters is 1. The van der Waals surface area contributed by atoms with Gasteiger partial charge in [-0.2, -0.15) is 0 Å². The molecule has 30 heavy (non-hydrogen) atoms. The van der Waals surface area contributed by atoms with E-state index in [9.17, 15) is 9.59 Å². The summed E-state index contributed by atoms with van der Waals surface area (Å²) in [6, 6.07) is 15.3. The van der Waals surface area contributed by atoms with E-state index in [0.717, 1.165) is 29.5 Å². The number of carbonyl (C=O) groups is 2. The number of benzene rings is 2. The first-order chi connectivity index (χ1) is 14.6. The van der Waals surface area contributed by atoms with Crippen molar-refractivity contribution in [3.8, 4) is 11.4 Å². The van der Waals surface area contributed by atoms with Crippen LogP contribution >= 0.6 is 0 Å². The highest BCUT2D eigenvalue weighted by atomic mass is 16.6. The summed E-state index contributed by atoms with van der Waals surface area (Å²) < 4.78 is 5.80. The largest absolute Gasteiger partial charge is 0.449 e. The Labute approximate surface area is 172 Å². The third kappa shape index (κ3) is 2.36. The minimum atomic E-state index is -0.706. The van der Waals surface area contributed by atoms with Crippen molar-refractivity contribution in [2.24, 2.45) is 0 Å². The van der Waals surface area contributed by atoms with Gasteiger partial charge >= 0.3 is 5.97 Å². The fraction of sp³-hybridized carbons (Fsp3) is 0.318. The Kier molecular flexibility index (Phi) is 3.45. The van der Waals surface area contributed by atoms with Crippen LogP contribution in [0.3, 0.4) is 0 Å². The van der Waals surface area contributed by atoms with Gasteiger partial charge in [-0.05, 0) is 34.9 Å². The lowest BCUT2D eigenvalue weighted by Crippen LogP contribution is -2.40. The molecule has 1 amide bonds.